The highest BCUT2D eigenvalue weighted by atomic mass is 35.5. The van der Waals surface area contributed by atoms with Crippen LogP contribution in [0.5, 0.6) is 5.88 Å². The number of pyridine rings is 1. The van der Waals surface area contributed by atoms with Gasteiger partial charge in [0.25, 0.3) is 0 Å². The Hall–Kier alpha value is -1.04. The van der Waals surface area contributed by atoms with Crippen molar-refractivity contribution in [1.29, 1.82) is 0 Å². The smallest absolute Gasteiger partial charge is 0.239 e. The summed E-state index contributed by atoms with van der Waals surface area (Å²) >= 11 is 11.6. The first-order valence-corrected chi connectivity index (χ1v) is 7.13. The molecule has 0 bridgehead atoms. The lowest BCUT2D eigenvalue weighted by molar-refractivity contribution is -0.126. The van der Waals surface area contributed by atoms with Crippen molar-refractivity contribution >= 4 is 29.1 Å². The third kappa shape index (κ3) is 5.15. The fraction of sp³-hybridized carbons (Fsp3) is 0.538. The number of ether oxygens (including phenoxy) is 1. The van der Waals surface area contributed by atoms with Gasteiger partial charge in [-0.05, 0) is 19.4 Å². The van der Waals surface area contributed by atoms with E-state index in [0.29, 0.717) is 23.0 Å². The number of nitrogens with zero attached hydrogens (tertiary/aromatic N) is 1. The molecule has 112 valence electrons. The lowest BCUT2D eigenvalue weighted by atomic mass is 9.97. The third-order valence-corrected chi connectivity index (χ3v) is 3.17. The highest BCUT2D eigenvalue weighted by molar-refractivity contribution is 6.35. The maximum Gasteiger partial charge on any atom is 0.239 e. The molecule has 5 nitrogen and oxygen atoms in total. The number of hydrogen-bond acceptors (Lipinski definition) is 4. The lowest BCUT2D eigenvalue weighted by Crippen LogP contribution is -2.52. The molecular weight excluding hydrogens is 301 g/mol. The van der Waals surface area contributed by atoms with Crippen LogP contribution in [-0.4, -0.2) is 29.6 Å². The maximum atomic E-state index is 11.8. The quantitative estimate of drug-likeness (QED) is 0.756. The largest absolute Gasteiger partial charge is 0.475 e. The monoisotopic (exact) mass is 319 g/mol. The van der Waals surface area contributed by atoms with Gasteiger partial charge >= 0.3 is 0 Å². The summed E-state index contributed by atoms with van der Waals surface area (Å²) in [4.78, 5) is 15.8. The second kappa shape index (κ2) is 7.67. The van der Waals surface area contributed by atoms with E-state index in [-0.39, 0.29) is 18.4 Å². The predicted molar refractivity (Wildman–Crippen MR) is 80.3 cm³/mol. The molecule has 0 fully saturated rings. The Kier molecular flexibility index (Phi) is 6.52. The summed E-state index contributed by atoms with van der Waals surface area (Å²) in [6, 6.07) is 1.54. The van der Waals surface area contributed by atoms with Crippen molar-refractivity contribution in [3.05, 3.63) is 22.3 Å². The van der Waals surface area contributed by atoms with Crippen LogP contribution in [0.3, 0.4) is 0 Å². The normalized spacial score (nSPS) is 13.7. The maximum absolute atomic E-state index is 11.8. The van der Waals surface area contributed by atoms with E-state index in [1.54, 1.807) is 13.0 Å². The molecule has 3 N–H and O–H groups in total. The van der Waals surface area contributed by atoms with Crippen molar-refractivity contribution in [2.45, 2.75) is 32.2 Å². The fourth-order valence-electron chi connectivity index (χ4n) is 1.66. The van der Waals surface area contributed by atoms with Crippen LogP contribution in [0.15, 0.2) is 12.3 Å². The van der Waals surface area contributed by atoms with Crippen LogP contribution in [0, 0.1) is 0 Å². The van der Waals surface area contributed by atoms with Crippen LogP contribution >= 0.6 is 23.2 Å². The molecule has 0 saturated heterocycles. The van der Waals surface area contributed by atoms with Gasteiger partial charge in [0.15, 0.2) is 0 Å². The van der Waals surface area contributed by atoms with Crippen molar-refractivity contribution in [2.75, 3.05) is 13.2 Å². The number of nitrogens with one attached hydrogen (secondary N) is 1. The van der Waals surface area contributed by atoms with E-state index < -0.39 is 5.54 Å². The van der Waals surface area contributed by atoms with Crippen LogP contribution in [0.4, 0.5) is 0 Å². The number of halogens is 2. The molecule has 1 amide bonds. The van der Waals surface area contributed by atoms with Gasteiger partial charge < -0.3 is 15.8 Å². The number of amides is 1. The van der Waals surface area contributed by atoms with Crippen molar-refractivity contribution in [1.82, 2.24) is 10.3 Å². The number of aromatic nitrogens is 1. The van der Waals surface area contributed by atoms with Crippen molar-refractivity contribution in [3.63, 3.8) is 0 Å². The van der Waals surface area contributed by atoms with Crippen LogP contribution in [-0.2, 0) is 4.79 Å². The zero-order valence-electron chi connectivity index (χ0n) is 11.6. The van der Waals surface area contributed by atoms with Crippen LogP contribution < -0.4 is 15.8 Å². The fourth-order valence-corrected chi connectivity index (χ4v) is 2.09. The average molecular weight is 320 g/mol. The molecule has 1 aromatic heterocycles. The molecule has 0 aliphatic carbocycles. The zero-order valence-corrected chi connectivity index (χ0v) is 13.1. The van der Waals surface area contributed by atoms with Gasteiger partial charge in [-0.2, -0.15) is 0 Å². The van der Waals surface area contributed by atoms with E-state index in [9.17, 15) is 4.79 Å². The van der Waals surface area contributed by atoms with Crippen LogP contribution in [0.1, 0.15) is 26.7 Å². The van der Waals surface area contributed by atoms with Crippen molar-refractivity contribution in [3.8, 4) is 5.88 Å². The van der Waals surface area contributed by atoms with E-state index in [4.69, 9.17) is 33.7 Å². The first-order valence-electron chi connectivity index (χ1n) is 6.38. The summed E-state index contributed by atoms with van der Waals surface area (Å²) in [6.45, 7) is 4.28. The molecule has 7 heteroatoms. The van der Waals surface area contributed by atoms with E-state index in [2.05, 4.69) is 10.3 Å². The highest BCUT2D eigenvalue weighted by Gasteiger charge is 2.26. The van der Waals surface area contributed by atoms with Gasteiger partial charge in [0.05, 0.1) is 17.1 Å². The number of carbonyl (C=O) groups excluding carboxylic acids is 1. The Morgan fingerprint density at radius 1 is 1.55 bits per heavy atom. The second-order valence-corrected chi connectivity index (χ2v) is 5.56. The summed E-state index contributed by atoms with van der Waals surface area (Å²) in [5.74, 6) is 0.0903. The first-order chi connectivity index (χ1) is 9.36. The molecule has 20 heavy (non-hydrogen) atoms. The minimum absolute atomic E-state index is 0.196. The lowest BCUT2D eigenvalue weighted by Gasteiger charge is -2.22. The minimum atomic E-state index is -0.856. The molecule has 0 aromatic carbocycles. The van der Waals surface area contributed by atoms with Gasteiger partial charge in [-0.25, -0.2) is 4.98 Å². The summed E-state index contributed by atoms with van der Waals surface area (Å²) in [5, 5.41) is 3.49. The van der Waals surface area contributed by atoms with E-state index >= 15 is 0 Å². The third-order valence-electron chi connectivity index (χ3n) is 2.69. The molecule has 1 aromatic rings. The zero-order chi connectivity index (χ0) is 15.2. The summed E-state index contributed by atoms with van der Waals surface area (Å²) in [6.07, 6.45) is 2.92. The van der Waals surface area contributed by atoms with Crippen molar-refractivity contribution < 1.29 is 9.53 Å². The number of nitrogens with two attached hydrogens (primary N) is 1. The molecular formula is C13H19Cl2N3O2. The Morgan fingerprint density at radius 2 is 2.25 bits per heavy atom. The number of hydrogen-bond donors (Lipinski definition) is 2. The summed E-state index contributed by atoms with van der Waals surface area (Å²) in [7, 11) is 0. The molecule has 1 unspecified atom stereocenters. The van der Waals surface area contributed by atoms with Crippen LogP contribution in [0.2, 0.25) is 10.0 Å². The van der Waals surface area contributed by atoms with Crippen molar-refractivity contribution in [2.24, 2.45) is 5.73 Å². The minimum Gasteiger partial charge on any atom is -0.475 e. The van der Waals surface area contributed by atoms with E-state index in [1.165, 1.54) is 6.20 Å². The molecule has 0 aliphatic heterocycles. The van der Waals surface area contributed by atoms with E-state index in [1.807, 2.05) is 6.92 Å². The topological polar surface area (TPSA) is 77.2 Å². The molecule has 0 saturated carbocycles. The SMILES string of the molecule is CCCC(C)(N)C(=O)NCCOc1ncc(Cl)cc1Cl. The number of rotatable bonds is 7. The molecule has 0 spiro atoms. The first kappa shape index (κ1) is 17.0. The Bertz CT molecular complexity index is 467. The summed E-state index contributed by atoms with van der Waals surface area (Å²) in [5.41, 5.74) is 5.05. The molecule has 0 radical (unpaired) electrons. The van der Waals surface area contributed by atoms with Gasteiger partial charge in [-0.3, -0.25) is 4.79 Å². The van der Waals surface area contributed by atoms with Gasteiger partial charge in [-0.15, -0.1) is 0 Å². The molecule has 0 aliphatic rings. The molecule has 1 rings (SSSR count). The standard InChI is InChI=1S/C13H19Cl2N3O2/c1-3-4-13(2,16)12(19)17-5-6-20-11-10(15)7-9(14)8-18-11/h7-8H,3-6,16H2,1-2H3,(H,17,19). The van der Waals surface area contributed by atoms with Gasteiger partial charge in [0.2, 0.25) is 11.8 Å². The van der Waals surface area contributed by atoms with Gasteiger partial charge in [0.1, 0.15) is 11.6 Å². The Balaban J connectivity index is 2.36. The Labute approximate surface area is 128 Å². The highest BCUT2D eigenvalue weighted by Crippen LogP contribution is 2.24. The predicted octanol–water partition coefficient (Wildman–Crippen LogP) is 2.40. The molecule has 1 atom stereocenters. The van der Waals surface area contributed by atoms with Crippen LogP contribution in [0.25, 0.3) is 0 Å². The average Bonchev–Trinajstić information content (AvgIpc) is 2.36. The Morgan fingerprint density at radius 3 is 2.85 bits per heavy atom. The van der Waals surface area contributed by atoms with E-state index in [0.717, 1.165) is 6.42 Å². The van der Waals surface area contributed by atoms with Gasteiger partial charge in [0, 0.05) is 6.20 Å². The second-order valence-electron chi connectivity index (χ2n) is 4.71. The molecule has 1 heterocycles. The summed E-state index contributed by atoms with van der Waals surface area (Å²) < 4.78 is 5.36. The number of carbonyl (C=O) groups is 1. The van der Waals surface area contributed by atoms with Gasteiger partial charge in [-0.1, -0.05) is 36.5 Å².